The molecule has 3 heteroatoms. The van der Waals surface area contributed by atoms with E-state index in [1.165, 1.54) is 31.4 Å². The molecule has 1 aromatic rings. The molecule has 2 N–H and O–H groups in total. The summed E-state index contributed by atoms with van der Waals surface area (Å²) in [5, 5.41) is 0.790. The van der Waals surface area contributed by atoms with E-state index >= 15 is 0 Å². The van der Waals surface area contributed by atoms with E-state index in [0.717, 1.165) is 5.02 Å². The van der Waals surface area contributed by atoms with E-state index in [2.05, 4.69) is 24.0 Å². The van der Waals surface area contributed by atoms with Crippen molar-refractivity contribution in [2.75, 3.05) is 13.1 Å². The Morgan fingerprint density at radius 2 is 2.12 bits per heavy atom. The molecule has 1 heterocycles. The Labute approximate surface area is 109 Å². The fourth-order valence-electron chi connectivity index (χ4n) is 2.85. The summed E-state index contributed by atoms with van der Waals surface area (Å²) in [5.74, 6) is 0. The molecule has 0 amide bonds. The van der Waals surface area contributed by atoms with Crippen molar-refractivity contribution in [2.45, 2.75) is 38.3 Å². The molecule has 0 spiro atoms. The molecule has 2 nitrogen and oxygen atoms in total. The van der Waals surface area contributed by atoms with E-state index in [9.17, 15) is 0 Å². The van der Waals surface area contributed by atoms with Crippen LogP contribution in [0, 0.1) is 0 Å². The third-order valence-corrected chi connectivity index (χ3v) is 4.02. The van der Waals surface area contributed by atoms with E-state index in [0.29, 0.717) is 18.6 Å². The standard InChI is InChI=1S/C14H21ClN2/c1-2-13-4-3-9-17(13)14(10-16)11-5-7-12(15)8-6-11/h5-8,13-14H,2-4,9-10,16H2,1H3. The molecule has 1 aromatic carbocycles. The van der Waals surface area contributed by atoms with Crippen molar-refractivity contribution in [2.24, 2.45) is 5.73 Å². The van der Waals surface area contributed by atoms with Crippen LogP contribution in [-0.4, -0.2) is 24.0 Å². The highest BCUT2D eigenvalue weighted by Crippen LogP contribution is 2.30. The van der Waals surface area contributed by atoms with Gasteiger partial charge in [0.15, 0.2) is 0 Å². The van der Waals surface area contributed by atoms with Gasteiger partial charge in [-0.25, -0.2) is 0 Å². The van der Waals surface area contributed by atoms with Gasteiger partial charge >= 0.3 is 0 Å². The molecule has 17 heavy (non-hydrogen) atoms. The van der Waals surface area contributed by atoms with Crippen LogP contribution in [0.3, 0.4) is 0 Å². The maximum atomic E-state index is 5.96. The normalized spacial score (nSPS) is 22.9. The lowest BCUT2D eigenvalue weighted by Gasteiger charge is -2.32. The minimum absolute atomic E-state index is 0.347. The highest BCUT2D eigenvalue weighted by molar-refractivity contribution is 6.30. The minimum Gasteiger partial charge on any atom is -0.329 e. The van der Waals surface area contributed by atoms with E-state index < -0.39 is 0 Å². The summed E-state index contributed by atoms with van der Waals surface area (Å²) in [5.41, 5.74) is 7.25. The zero-order valence-corrected chi connectivity index (χ0v) is 11.2. The van der Waals surface area contributed by atoms with Gasteiger partial charge in [0.25, 0.3) is 0 Å². The van der Waals surface area contributed by atoms with Gasteiger partial charge in [-0.2, -0.15) is 0 Å². The highest BCUT2D eigenvalue weighted by atomic mass is 35.5. The molecule has 1 aliphatic heterocycles. The van der Waals surface area contributed by atoms with Gasteiger partial charge in [0.05, 0.1) is 0 Å². The molecule has 1 saturated heterocycles. The average Bonchev–Trinajstić information content (AvgIpc) is 2.81. The van der Waals surface area contributed by atoms with Crippen molar-refractivity contribution in [3.8, 4) is 0 Å². The van der Waals surface area contributed by atoms with Gasteiger partial charge in [-0.1, -0.05) is 30.7 Å². The van der Waals surface area contributed by atoms with Crippen LogP contribution in [0.15, 0.2) is 24.3 Å². The lowest BCUT2D eigenvalue weighted by Crippen LogP contribution is -2.37. The first-order valence-electron chi connectivity index (χ1n) is 6.47. The van der Waals surface area contributed by atoms with Gasteiger partial charge in [-0.15, -0.1) is 0 Å². The fraction of sp³-hybridized carbons (Fsp3) is 0.571. The summed E-state index contributed by atoms with van der Waals surface area (Å²) in [7, 11) is 0. The Morgan fingerprint density at radius 3 is 2.71 bits per heavy atom. The minimum atomic E-state index is 0.347. The van der Waals surface area contributed by atoms with Crippen LogP contribution in [0.5, 0.6) is 0 Å². The Balaban J connectivity index is 2.18. The van der Waals surface area contributed by atoms with Gasteiger partial charge in [-0.3, -0.25) is 4.90 Å². The molecule has 1 fully saturated rings. The molecule has 0 aliphatic carbocycles. The smallest absolute Gasteiger partial charge is 0.0473 e. The van der Waals surface area contributed by atoms with Gasteiger partial charge in [0.1, 0.15) is 0 Å². The number of nitrogens with zero attached hydrogens (tertiary/aromatic N) is 1. The first-order valence-corrected chi connectivity index (χ1v) is 6.85. The number of hydrogen-bond donors (Lipinski definition) is 1. The number of rotatable bonds is 4. The summed E-state index contributed by atoms with van der Waals surface area (Å²) in [6.07, 6.45) is 3.81. The molecule has 1 aliphatic rings. The average molecular weight is 253 g/mol. The molecule has 94 valence electrons. The van der Waals surface area contributed by atoms with Gasteiger partial charge in [-0.05, 0) is 43.5 Å². The van der Waals surface area contributed by atoms with Gasteiger partial charge in [0.2, 0.25) is 0 Å². The number of nitrogens with two attached hydrogens (primary N) is 1. The molecule has 0 aromatic heterocycles. The van der Waals surface area contributed by atoms with E-state index in [1.54, 1.807) is 0 Å². The maximum absolute atomic E-state index is 5.96. The quantitative estimate of drug-likeness (QED) is 0.892. The molecule has 2 rings (SSSR count). The maximum Gasteiger partial charge on any atom is 0.0473 e. The summed E-state index contributed by atoms with van der Waals surface area (Å²) < 4.78 is 0. The monoisotopic (exact) mass is 252 g/mol. The van der Waals surface area contributed by atoms with E-state index in [4.69, 9.17) is 17.3 Å². The molecular formula is C14H21ClN2. The van der Waals surface area contributed by atoms with E-state index in [-0.39, 0.29) is 0 Å². The van der Waals surface area contributed by atoms with Gasteiger partial charge < -0.3 is 5.73 Å². The third kappa shape index (κ3) is 2.82. The second-order valence-electron chi connectivity index (χ2n) is 4.75. The van der Waals surface area contributed by atoms with Crippen molar-refractivity contribution < 1.29 is 0 Å². The van der Waals surface area contributed by atoms with Crippen LogP contribution in [-0.2, 0) is 0 Å². The first-order chi connectivity index (χ1) is 8.26. The lowest BCUT2D eigenvalue weighted by molar-refractivity contribution is 0.180. The number of benzene rings is 1. The fourth-order valence-corrected chi connectivity index (χ4v) is 2.98. The molecular weight excluding hydrogens is 232 g/mol. The topological polar surface area (TPSA) is 29.3 Å². The summed E-state index contributed by atoms with van der Waals surface area (Å²) in [6.45, 7) is 4.11. The Bertz CT molecular complexity index is 350. The summed E-state index contributed by atoms with van der Waals surface area (Å²) in [6, 6.07) is 9.15. The number of hydrogen-bond acceptors (Lipinski definition) is 2. The predicted molar refractivity (Wildman–Crippen MR) is 73.3 cm³/mol. The molecule has 2 atom stereocenters. The lowest BCUT2D eigenvalue weighted by atomic mass is 10.0. The van der Waals surface area contributed by atoms with Crippen molar-refractivity contribution in [3.05, 3.63) is 34.9 Å². The Kier molecular flexibility index (Phi) is 4.43. The van der Waals surface area contributed by atoms with Crippen LogP contribution >= 0.6 is 11.6 Å². The molecule has 0 radical (unpaired) electrons. The Hall–Kier alpha value is -0.570. The van der Waals surface area contributed by atoms with Crippen molar-refractivity contribution in [3.63, 3.8) is 0 Å². The van der Waals surface area contributed by atoms with Gasteiger partial charge in [0, 0.05) is 23.7 Å². The summed E-state index contributed by atoms with van der Waals surface area (Å²) >= 11 is 5.93. The van der Waals surface area contributed by atoms with E-state index in [1.807, 2.05) is 12.1 Å². The van der Waals surface area contributed by atoms with Crippen LogP contribution in [0.2, 0.25) is 5.02 Å². The zero-order chi connectivity index (χ0) is 12.3. The third-order valence-electron chi connectivity index (χ3n) is 3.77. The van der Waals surface area contributed by atoms with Crippen molar-refractivity contribution >= 4 is 11.6 Å². The Morgan fingerprint density at radius 1 is 1.41 bits per heavy atom. The molecule has 0 saturated carbocycles. The van der Waals surface area contributed by atoms with Crippen LogP contribution < -0.4 is 5.73 Å². The van der Waals surface area contributed by atoms with Crippen molar-refractivity contribution in [1.82, 2.24) is 4.90 Å². The largest absolute Gasteiger partial charge is 0.329 e. The second kappa shape index (κ2) is 5.85. The number of halogens is 1. The first kappa shape index (κ1) is 12.9. The summed E-state index contributed by atoms with van der Waals surface area (Å²) in [4.78, 5) is 2.56. The predicted octanol–water partition coefficient (Wildman–Crippen LogP) is 3.21. The zero-order valence-electron chi connectivity index (χ0n) is 10.4. The second-order valence-corrected chi connectivity index (χ2v) is 5.18. The molecule has 0 bridgehead atoms. The number of likely N-dealkylation sites (tertiary alicyclic amines) is 1. The highest BCUT2D eigenvalue weighted by Gasteiger charge is 2.29. The SMILES string of the molecule is CCC1CCCN1C(CN)c1ccc(Cl)cc1. The van der Waals surface area contributed by atoms with Crippen LogP contribution in [0.25, 0.3) is 0 Å². The molecule has 2 unspecified atom stereocenters. The van der Waals surface area contributed by atoms with Crippen LogP contribution in [0.1, 0.15) is 37.8 Å². The van der Waals surface area contributed by atoms with Crippen molar-refractivity contribution in [1.29, 1.82) is 0 Å². The van der Waals surface area contributed by atoms with Crippen LogP contribution in [0.4, 0.5) is 0 Å².